The predicted molar refractivity (Wildman–Crippen MR) is 63.6 cm³/mol. The van der Waals surface area contributed by atoms with Gasteiger partial charge in [0.25, 0.3) is 5.91 Å². The molecule has 17 heavy (non-hydrogen) atoms. The monoisotopic (exact) mass is 238 g/mol. The number of hydrogen-bond acceptors (Lipinski definition) is 4. The fourth-order valence-corrected chi connectivity index (χ4v) is 2.26. The molecule has 0 aromatic carbocycles. The molecule has 3 amide bonds. The third kappa shape index (κ3) is 1.87. The SMILES string of the molecule is CCCN1C(=O)[C@H]2NC=N[C@@H]2N(CCC)C1=O. The van der Waals surface area contributed by atoms with E-state index in [0.29, 0.717) is 13.1 Å². The van der Waals surface area contributed by atoms with Crippen LogP contribution in [0.4, 0.5) is 4.79 Å². The number of imide groups is 1. The lowest BCUT2D eigenvalue weighted by atomic mass is 10.1. The molecular formula is C11H18N4O2. The van der Waals surface area contributed by atoms with E-state index in [-0.39, 0.29) is 18.1 Å². The topological polar surface area (TPSA) is 65.0 Å². The highest BCUT2D eigenvalue weighted by Gasteiger charge is 2.47. The fourth-order valence-electron chi connectivity index (χ4n) is 2.26. The highest BCUT2D eigenvalue weighted by Crippen LogP contribution is 2.21. The van der Waals surface area contributed by atoms with Crippen molar-refractivity contribution in [1.82, 2.24) is 15.1 Å². The Hall–Kier alpha value is -1.59. The average molecular weight is 238 g/mol. The quantitative estimate of drug-likeness (QED) is 0.771. The van der Waals surface area contributed by atoms with Crippen molar-refractivity contribution in [1.29, 1.82) is 0 Å². The average Bonchev–Trinajstić information content (AvgIpc) is 2.79. The number of carbonyl (C=O) groups is 2. The minimum absolute atomic E-state index is 0.160. The van der Waals surface area contributed by atoms with Crippen LogP contribution in [0.5, 0.6) is 0 Å². The molecule has 6 heteroatoms. The standard InChI is InChI=1S/C11H18N4O2/c1-3-5-14-9-8(12-7-13-9)10(16)15(6-4-2)11(14)17/h7-9H,3-6H2,1-2H3,(H,12,13)/t8-,9+/m0/s1. The summed E-state index contributed by atoms with van der Waals surface area (Å²) in [5.41, 5.74) is 0. The normalized spacial score (nSPS) is 27.4. The van der Waals surface area contributed by atoms with Crippen LogP contribution in [-0.2, 0) is 4.79 Å². The Bertz CT molecular complexity index is 355. The second-order valence-corrected chi connectivity index (χ2v) is 4.30. The van der Waals surface area contributed by atoms with Gasteiger partial charge in [-0.15, -0.1) is 0 Å². The Morgan fingerprint density at radius 3 is 2.65 bits per heavy atom. The molecule has 2 rings (SSSR count). The van der Waals surface area contributed by atoms with Crippen LogP contribution in [0.1, 0.15) is 26.7 Å². The summed E-state index contributed by atoms with van der Waals surface area (Å²) in [6.45, 7) is 5.07. The zero-order valence-electron chi connectivity index (χ0n) is 10.2. The van der Waals surface area contributed by atoms with Gasteiger partial charge in [-0.3, -0.25) is 14.6 Å². The Kier molecular flexibility index (Phi) is 3.31. The molecule has 0 aliphatic carbocycles. The number of hydrogen-bond donors (Lipinski definition) is 1. The molecule has 0 aromatic heterocycles. The van der Waals surface area contributed by atoms with E-state index in [1.165, 1.54) is 11.2 Å². The molecule has 0 unspecified atom stereocenters. The van der Waals surface area contributed by atoms with Crippen molar-refractivity contribution in [2.24, 2.45) is 4.99 Å². The molecule has 0 spiro atoms. The van der Waals surface area contributed by atoms with Crippen molar-refractivity contribution in [3.8, 4) is 0 Å². The van der Waals surface area contributed by atoms with E-state index in [0.717, 1.165) is 12.8 Å². The summed E-state index contributed by atoms with van der Waals surface area (Å²) < 4.78 is 0. The highest BCUT2D eigenvalue weighted by molar-refractivity contribution is 6.02. The Labute approximate surface area is 101 Å². The highest BCUT2D eigenvalue weighted by atomic mass is 16.2. The van der Waals surface area contributed by atoms with Gasteiger partial charge >= 0.3 is 6.03 Å². The number of aliphatic imine (C=N–C) groups is 1. The maximum atomic E-state index is 12.2. The second-order valence-electron chi connectivity index (χ2n) is 4.30. The van der Waals surface area contributed by atoms with Crippen LogP contribution in [0, 0.1) is 0 Å². The van der Waals surface area contributed by atoms with Crippen LogP contribution in [0.25, 0.3) is 0 Å². The van der Waals surface area contributed by atoms with Crippen molar-refractivity contribution < 1.29 is 9.59 Å². The Balaban J connectivity index is 2.23. The van der Waals surface area contributed by atoms with Crippen molar-refractivity contribution in [3.63, 3.8) is 0 Å². The van der Waals surface area contributed by atoms with E-state index >= 15 is 0 Å². The van der Waals surface area contributed by atoms with Crippen LogP contribution < -0.4 is 5.32 Å². The third-order valence-corrected chi connectivity index (χ3v) is 3.02. The molecule has 2 aliphatic rings. The zero-order chi connectivity index (χ0) is 12.4. The maximum Gasteiger partial charge on any atom is 0.328 e. The number of nitrogens with one attached hydrogen (secondary N) is 1. The summed E-state index contributed by atoms with van der Waals surface area (Å²) in [6, 6.07) is -0.605. The molecule has 0 saturated carbocycles. The van der Waals surface area contributed by atoms with Gasteiger partial charge in [-0.05, 0) is 12.8 Å². The summed E-state index contributed by atoms with van der Waals surface area (Å²) in [4.78, 5) is 31.5. The van der Waals surface area contributed by atoms with Gasteiger partial charge in [0.15, 0.2) is 6.17 Å². The summed E-state index contributed by atoms with van der Waals surface area (Å²) in [7, 11) is 0. The first-order valence-corrected chi connectivity index (χ1v) is 6.10. The first-order chi connectivity index (χ1) is 8.20. The van der Waals surface area contributed by atoms with E-state index < -0.39 is 6.04 Å². The molecule has 94 valence electrons. The molecular weight excluding hydrogens is 220 g/mol. The van der Waals surface area contributed by atoms with E-state index in [2.05, 4.69) is 10.3 Å². The van der Waals surface area contributed by atoms with Gasteiger partial charge in [0.2, 0.25) is 0 Å². The molecule has 1 N–H and O–H groups in total. The lowest BCUT2D eigenvalue weighted by molar-refractivity contribution is -0.134. The van der Waals surface area contributed by atoms with Crippen LogP contribution in [-0.4, -0.2) is 53.4 Å². The zero-order valence-corrected chi connectivity index (χ0v) is 10.2. The molecule has 6 nitrogen and oxygen atoms in total. The van der Waals surface area contributed by atoms with Gasteiger partial charge in [-0.25, -0.2) is 9.79 Å². The third-order valence-electron chi connectivity index (χ3n) is 3.02. The first kappa shape index (κ1) is 11.9. The number of urea groups is 1. The lowest BCUT2D eigenvalue weighted by Crippen LogP contribution is -2.65. The maximum absolute atomic E-state index is 12.2. The molecule has 2 atom stereocenters. The number of nitrogens with zero attached hydrogens (tertiary/aromatic N) is 3. The van der Waals surface area contributed by atoms with Crippen molar-refractivity contribution in [3.05, 3.63) is 0 Å². The second kappa shape index (κ2) is 4.73. The van der Waals surface area contributed by atoms with Crippen molar-refractivity contribution in [2.45, 2.75) is 38.9 Å². The van der Waals surface area contributed by atoms with Gasteiger partial charge in [-0.2, -0.15) is 0 Å². The molecule has 1 saturated heterocycles. The first-order valence-electron chi connectivity index (χ1n) is 6.10. The molecule has 0 bridgehead atoms. The van der Waals surface area contributed by atoms with E-state index in [1.807, 2.05) is 13.8 Å². The minimum atomic E-state index is -0.397. The number of carbonyl (C=O) groups excluding carboxylic acids is 2. The molecule has 2 aliphatic heterocycles. The Morgan fingerprint density at radius 2 is 2.00 bits per heavy atom. The van der Waals surface area contributed by atoms with E-state index in [4.69, 9.17) is 0 Å². The van der Waals surface area contributed by atoms with Crippen molar-refractivity contribution in [2.75, 3.05) is 13.1 Å². The summed E-state index contributed by atoms with van der Waals surface area (Å²) in [5.74, 6) is -0.160. The van der Waals surface area contributed by atoms with Gasteiger partial charge in [0, 0.05) is 13.1 Å². The van der Waals surface area contributed by atoms with E-state index in [1.54, 1.807) is 4.90 Å². The van der Waals surface area contributed by atoms with Crippen LogP contribution in [0.15, 0.2) is 4.99 Å². The summed E-state index contributed by atoms with van der Waals surface area (Å²) in [5, 5.41) is 2.93. The lowest BCUT2D eigenvalue weighted by Gasteiger charge is -2.40. The van der Waals surface area contributed by atoms with Gasteiger partial charge in [0.1, 0.15) is 6.04 Å². The van der Waals surface area contributed by atoms with E-state index in [9.17, 15) is 9.59 Å². The molecule has 0 aromatic rings. The minimum Gasteiger partial charge on any atom is -0.362 e. The molecule has 1 fully saturated rings. The van der Waals surface area contributed by atoms with Gasteiger partial charge in [0.05, 0.1) is 6.34 Å². The van der Waals surface area contributed by atoms with Crippen LogP contribution in [0.3, 0.4) is 0 Å². The van der Waals surface area contributed by atoms with Crippen LogP contribution in [0.2, 0.25) is 0 Å². The summed E-state index contributed by atoms with van der Waals surface area (Å²) in [6.07, 6.45) is 2.80. The molecule has 0 radical (unpaired) electrons. The van der Waals surface area contributed by atoms with Crippen LogP contribution >= 0.6 is 0 Å². The number of rotatable bonds is 4. The summed E-state index contributed by atoms with van der Waals surface area (Å²) >= 11 is 0. The molecule has 2 heterocycles. The van der Waals surface area contributed by atoms with Gasteiger partial charge in [-0.1, -0.05) is 13.8 Å². The Morgan fingerprint density at radius 1 is 1.29 bits per heavy atom. The largest absolute Gasteiger partial charge is 0.362 e. The smallest absolute Gasteiger partial charge is 0.328 e. The fraction of sp³-hybridized carbons (Fsp3) is 0.727. The number of amides is 3. The number of fused-ring (bicyclic) bond motifs is 1. The van der Waals surface area contributed by atoms with Crippen molar-refractivity contribution >= 4 is 18.3 Å². The van der Waals surface area contributed by atoms with Gasteiger partial charge < -0.3 is 5.32 Å². The predicted octanol–water partition coefficient (Wildman–Crippen LogP) is 0.397.